The fraction of sp³-hybridized carbons (Fsp3) is 0.900. The molecule has 0 spiro atoms. The predicted molar refractivity (Wildman–Crippen MR) is 103 cm³/mol. The van der Waals surface area contributed by atoms with Crippen LogP contribution in [0.25, 0.3) is 0 Å². The lowest BCUT2D eigenvalue weighted by molar-refractivity contribution is -0.136. The number of tetrazole rings is 1. The molecule has 7 heteroatoms. The summed E-state index contributed by atoms with van der Waals surface area (Å²) >= 11 is 0. The van der Waals surface area contributed by atoms with E-state index in [0.29, 0.717) is 17.7 Å². The second-order valence-electron chi connectivity index (χ2n) is 8.97. The molecular formula is C20H34N6O. The van der Waals surface area contributed by atoms with Gasteiger partial charge in [-0.1, -0.05) is 6.42 Å². The molecule has 3 fully saturated rings. The van der Waals surface area contributed by atoms with Crippen molar-refractivity contribution in [1.29, 1.82) is 0 Å². The quantitative estimate of drug-likeness (QED) is 0.790. The SMILES string of the molecule is CN(C[C@H]1CCCN2CCCC[C@@H]12)C(=O)C1CCC(Cn2cnnn2)CC1. The molecule has 2 saturated heterocycles. The van der Waals surface area contributed by atoms with Gasteiger partial charge in [0, 0.05) is 32.1 Å². The summed E-state index contributed by atoms with van der Waals surface area (Å²) in [6.45, 7) is 4.36. The number of hydrogen-bond donors (Lipinski definition) is 0. The first-order valence-electron chi connectivity index (χ1n) is 10.9. The zero-order valence-corrected chi connectivity index (χ0v) is 16.7. The van der Waals surface area contributed by atoms with Crippen molar-refractivity contribution in [3.05, 3.63) is 6.33 Å². The Kier molecular flexibility index (Phi) is 6.05. The lowest BCUT2D eigenvalue weighted by Crippen LogP contribution is -2.51. The van der Waals surface area contributed by atoms with Crippen molar-refractivity contribution < 1.29 is 4.79 Å². The molecule has 1 saturated carbocycles. The highest BCUT2D eigenvalue weighted by molar-refractivity contribution is 5.78. The van der Waals surface area contributed by atoms with Gasteiger partial charge in [-0.25, -0.2) is 4.68 Å². The highest BCUT2D eigenvalue weighted by atomic mass is 16.2. The number of aromatic nitrogens is 4. The number of piperidine rings is 2. The van der Waals surface area contributed by atoms with Crippen LogP contribution in [0, 0.1) is 17.8 Å². The molecule has 1 aromatic heterocycles. The van der Waals surface area contributed by atoms with Crippen LogP contribution in [-0.4, -0.2) is 68.6 Å². The average Bonchev–Trinajstić information content (AvgIpc) is 3.21. The average molecular weight is 375 g/mol. The lowest BCUT2D eigenvalue weighted by Gasteiger charge is -2.45. The normalized spacial score (nSPS) is 32.0. The molecule has 4 rings (SSSR count). The minimum Gasteiger partial charge on any atom is -0.345 e. The molecule has 0 radical (unpaired) electrons. The topological polar surface area (TPSA) is 67.2 Å². The molecule has 150 valence electrons. The van der Waals surface area contributed by atoms with Gasteiger partial charge in [0.05, 0.1) is 0 Å². The molecule has 1 aliphatic carbocycles. The van der Waals surface area contributed by atoms with Gasteiger partial charge in [0.25, 0.3) is 0 Å². The van der Waals surface area contributed by atoms with E-state index in [9.17, 15) is 4.79 Å². The van der Waals surface area contributed by atoms with Crippen LogP contribution >= 0.6 is 0 Å². The Morgan fingerprint density at radius 3 is 2.67 bits per heavy atom. The fourth-order valence-corrected chi connectivity index (χ4v) is 5.66. The third kappa shape index (κ3) is 4.50. The molecule has 0 N–H and O–H groups in total. The van der Waals surface area contributed by atoms with Gasteiger partial charge in [0.1, 0.15) is 6.33 Å². The number of amides is 1. The first kappa shape index (κ1) is 18.8. The van der Waals surface area contributed by atoms with Crippen LogP contribution in [0.3, 0.4) is 0 Å². The largest absolute Gasteiger partial charge is 0.345 e. The number of carbonyl (C=O) groups excluding carboxylic acids is 1. The molecule has 3 aliphatic rings. The molecule has 2 atom stereocenters. The Balaban J connectivity index is 1.25. The monoisotopic (exact) mass is 374 g/mol. The predicted octanol–water partition coefficient (Wildman–Crippen LogP) is 2.20. The van der Waals surface area contributed by atoms with E-state index in [4.69, 9.17) is 0 Å². The van der Waals surface area contributed by atoms with Crippen molar-refractivity contribution in [3.8, 4) is 0 Å². The number of fused-ring (bicyclic) bond motifs is 1. The Morgan fingerprint density at radius 2 is 1.89 bits per heavy atom. The highest BCUT2D eigenvalue weighted by Crippen LogP contribution is 2.33. The third-order valence-electron chi connectivity index (χ3n) is 7.15. The summed E-state index contributed by atoms with van der Waals surface area (Å²) in [7, 11) is 2.04. The molecule has 27 heavy (non-hydrogen) atoms. The van der Waals surface area contributed by atoms with Crippen LogP contribution in [-0.2, 0) is 11.3 Å². The van der Waals surface area contributed by atoms with Crippen LogP contribution in [0.2, 0.25) is 0 Å². The first-order valence-corrected chi connectivity index (χ1v) is 10.9. The molecule has 7 nitrogen and oxygen atoms in total. The van der Waals surface area contributed by atoms with Crippen LogP contribution in [0.4, 0.5) is 0 Å². The number of rotatable bonds is 5. The van der Waals surface area contributed by atoms with Crippen LogP contribution in [0.1, 0.15) is 57.8 Å². The molecule has 0 bridgehead atoms. The van der Waals surface area contributed by atoms with Gasteiger partial charge in [-0.2, -0.15) is 0 Å². The van der Waals surface area contributed by atoms with E-state index >= 15 is 0 Å². The molecular weight excluding hydrogens is 340 g/mol. The summed E-state index contributed by atoms with van der Waals surface area (Å²) in [5, 5.41) is 11.4. The van der Waals surface area contributed by atoms with E-state index < -0.39 is 0 Å². The van der Waals surface area contributed by atoms with Gasteiger partial charge in [-0.15, -0.1) is 5.10 Å². The van der Waals surface area contributed by atoms with E-state index in [-0.39, 0.29) is 5.92 Å². The number of hydrogen-bond acceptors (Lipinski definition) is 5. The minimum absolute atomic E-state index is 0.214. The van der Waals surface area contributed by atoms with Gasteiger partial charge in [-0.05, 0) is 86.7 Å². The van der Waals surface area contributed by atoms with Gasteiger partial charge >= 0.3 is 0 Å². The summed E-state index contributed by atoms with van der Waals surface area (Å²) in [6.07, 6.45) is 12.5. The van der Waals surface area contributed by atoms with Crippen molar-refractivity contribution >= 4 is 5.91 Å². The summed E-state index contributed by atoms with van der Waals surface area (Å²) in [5.41, 5.74) is 0. The smallest absolute Gasteiger partial charge is 0.225 e. The van der Waals surface area contributed by atoms with E-state index in [0.717, 1.165) is 44.8 Å². The molecule has 2 aliphatic heterocycles. The van der Waals surface area contributed by atoms with E-state index in [1.54, 1.807) is 6.33 Å². The molecule has 0 aromatic carbocycles. The van der Waals surface area contributed by atoms with Crippen LogP contribution in [0.5, 0.6) is 0 Å². The fourth-order valence-electron chi connectivity index (χ4n) is 5.66. The van der Waals surface area contributed by atoms with Crippen molar-refractivity contribution in [1.82, 2.24) is 30.0 Å². The van der Waals surface area contributed by atoms with Crippen molar-refractivity contribution in [3.63, 3.8) is 0 Å². The maximum Gasteiger partial charge on any atom is 0.225 e. The molecule has 0 unspecified atom stereocenters. The minimum atomic E-state index is 0.214. The van der Waals surface area contributed by atoms with E-state index in [2.05, 4.69) is 25.3 Å². The first-order chi connectivity index (χ1) is 13.2. The number of carbonyl (C=O) groups is 1. The Labute approximate surface area is 162 Å². The third-order valence-corrected chi connectivity index (χ3v) is 7.15. The Hall–Kier alpha value is -1.50. The van der Waals surface area contributed by atoms with E-state index in [1.807, 2.05) is 11.7 Å². The van der Waals surface area contributed by atoms with Crippen molar-refractivity contribution in [2.24, 2.45) is 17.8 Å². The van der Waals surface area contributed by atoms with E-state index in [1.165, 1.54) is 45.2 Å². The zero-order chi connectivity index (χ0) is 18.6. The van der Waals surface area contributed by atoms with Crippen LogP contribution < -0.4 is 0 Å². The van der Waals surface area contributed by atoms with Crippen molar-refractivity contribution in [2.75, 3.05) is 26.7 Å². The van der Waals surface area contributed by atoms with Gasteiger partial charge < -0.3 is 9.80 Å². The van der Waals surface area contributed by atoms with Gasteiger partial charge in [0.15, 0.2) is 0 Å². The molecule has 3 heterocycles. The summed E-state index contributed by atoms with van der Waals surface area (Å²) in [6, 6.07) is 0.717. The van der Waals surface area contributed by atoms with Gasteiger partial charge in [-0.3, -0.25) is 4.79 Å². The highest BCUT2D eigenvalue weighted by Gasteiger charge is 2.35. The Bertz CT molecular complexity index is 596. The second-order valence-corrected chi connectivity index (χ2v) is 8.97. The maximum absolute atomic E-state index is 13.0. The second kappa shape index (κ2) is 8.67. The standard InChI is InChI=1S/C20H34N6O/c1-24(14-18-5-4-12-25-11-3-2-6-19(18)25)20(27)17-9-7-16(8-10-17)13-26-15-21-22-23-26/h15-19H,2-14H2,1H3/t16?,17?,18-,19+/m1/s1. The maximum atomic E-state index is 13.0. The molecule has 1 aromatic rings. The summed E-state index contributed by atoms with van der Waals surface area (Å²) < 4.78 is 1.82. The summed E-state index contributed by atoms with van der Waals surface area (Å²) in [4.78, 5) is 17.8. The van der Waals surface area contributed by atoms with Crippen molar-refractivity contribution in [2.45, 2.75) is 70.4 Å². The van der Waals surface area contributed by atoms with Gasteiger partial charge in [0.2, 0.25) is 5.91 Å². The van der Waals surface area contributed by atoms with Crippen LogP contribution in [0.15, 0.2) is 6.33 Å². The zero-order valence-electron chi connectivity index (χ0n) is 16.7. The lowest BCUT2D eigenvalue weighted by atomic mass is 9.80. The summed E-state index contributed by atoms with van der Waals surface area (Å²) in [5.74, 6) is 1.86. The Morgan fingerprint density at radius 1 is 1.07 bits per heavy atom. The molecule has 1 amide bonds. The number of nitrogens with zero attached hydrogens (tertiary/aromatic N) is 6.